The summed E-state index contributed by atoms with van der Waals surface area (Å²) in [6.07, 6.45) is 1.48. The van der Waals surface area contributed by atoms with Gasteiger partial charge in [-0.3, -0.25) is 9.48 Å². The number of anilines is 1. The van der Waals surface area contributed by atoms with Gasteiger partial charge in [0.05, 0.1) is 42.1 Å². The van der Waals surface area contributed by atoms with E-state index in [1.54, 1.807) is 17.2 Å². The van der Waals surface area contributed by atoms with E-state index < -0.39 is 11.7 Å². The fraction of sp³-hybridized carbons (Fsp3) is 0.474. The van der Waals surface area contributed by atoms with Crippen LogP contribution in [0.5, 0.6) is 0 Å². The number of aromatic nitrogens is 2. The molecule has 0 saturated carbocycles. The summed E-state index contributed by atoms with van der Waals surface area (Å²) in [6.45, 7) is 1.98. The largest absolute Gasteiger partial charge is 0.368 e. The smallest absolute Gasteiger partial charge is 0.251 e. The Kier molecular flexibility index (Phi) is 4.99. The molecule has 0 bridgehead atoms. The monoisotopic (exact) mass is 412 g/mol. The van der Waals surface area contributed by atoms with E-state index in [-0.39, 0.29) is 43.3 Å². The average Bonchev–Trinajstić information content (AvgIpc) is 3.08. The third-order valence-electron chi connectivity index (χ3n) is 5.38. The number of carbonyl (C=O) groups excluding carboxylic acids is 1. The number of amides is 1. The Morgan fingerprint density at radius 3 is 2.64 bits per heavy atom. The molecule has 1 amide bonds. The van der Waals surface area contributed by atoms with Crippen LogP contribution >= 0.6 is 11.6 Å². The molecule has 0 unspecified atom stereocenters. The van der Waals surface area contributed by atoms with E-state index in [0.717, 1.165) is 11.4 Å². The van der Waals surface area contributed by atoms with E-state index in [0.29, 0.717) is 25.2 Å². The fourth-order valence-corrected chi connectivity index (χ4v) is 3.92. The van der Waals surface area contributed by atoms with Crippen LogP contribution in [0.15, 0.2) is 24.4 Å². The van der Waals surface area contributed by atoms with E-state index in [2.05, 4.69) is 5.10 Å². The molecular weight excluding hydrogens is 393 g/mol. The number of rotatable bonds is 3. The first kappa shape index (κ1) is 19.1. The molecule has 0 aliphatic carbocycles. The minimum absolute atomic E-state index is 0.00814. The maximum Gasteiger partial charge on any atom is 0.251 e. The van der Waals surface area contributed by atoms with Crippen LogP contribution in [-0.4, -0.2) is 46.1 Å². The van der Waals surface area contributed by atoms with Gasteiger partial charge in [0.1, 0.15) is 5.82 Å². The second-order valence-electron chi connectivity index (χ2n) is 7.28. The molecule has 9 heteroatoms. The van der Waals surface area contributed by atoms with Gasteiger partial charge in [-0.2, -0.15) is 5.10 Å². The predicted molar refractivity (Wildman–Crippen MR) is 99.2 cm³/mol. The number of hydrogen-bond acceptors (Lipinski definition) is 3. The molecule has 2 aliphatic rings. The van der Waals surface area contributed by atoms with Crippen LogP contribution in [0.4, 0.5) is 18.9 Å². The first-order valence-corrected chi connectivity index (χ1v) is 9.59. The lowest BCUT2D eigenvalue weighted by Crippen LogP contribution is -2.42. The zero-order valence-electron chi connectivity index (χ0n) is 15.2. The maximum atomic E-state index is 13.5. The quantitative estimate of drug-likeness (QED) is 0.775. The number of carbonyl (C=O) groups is 1. The minimum Gasteiger partial charge on any atom is -0.368 e. The Bertz CT molecular complexity index is 891. The Hall–Kier alpha value is -2.22. The highest BCUT2D eigenvalue weighted by atomic mass is 35.5. The van der Waals surface area contributed by atoms with Gasteiger partial charge in [0.15, 0.2) is 0 Å². The van der Waals surface area contributed by atoms with E-state index in [1.165, 1.54) is 12.1 Å². The normalized spacial score (nSPS) is 18.9. The third-order valence-corrected chi connectivity index (χ3v) is 5.67. The highest BCUT2D eigenvalue weighted by molar-refractivity contribution is 6.30. The standard InChI is InChI=1S/C19H20ClF3N4O/c20-14-9-13(1-2-15(14)21)10-18(28)26-7-8-27-17(12-26)16(11-24-27)25-5-3-19(22,23)4-6-25/h1-2,9,11H,3-8,10,12H2. The second kappa shape index (κ2) is 7.31. The zero-order chi connectivity index (χ0) is 19.9. The number of nitrogens with zero attached hydrogens (tertiary/aromatic N) is 4. The van der Waals surface area contributed by atoms with Gasteiger partial charge in [-0.15, -0.1) is 0 Å². The summed E-state index contributed by atoms with van der Waals surface area (Å²) in [5, 5.41) is 4.35. The number of hydrogen-bond donors (Lipinski definition) is 0. The molecule has 3 heterocycles. The van der Waals surface area contributed by atoms with Crippen LogP contribution in [0.2, 0.25) is 5.02 Å². The molecule has 0 radical (unpaired) electrons. The lowest BCUT2D eigenvalue weighted by Gasteiger charge is -2.35. The van der Waals surface area contributed by atoms with Crippen LogP contribution < -0.4 is 4.90 Å². The van der Waals surface area contributed by atoms with Gasteiger partial charge < -0.3 is 9.80 Å². The molecule has 1 fully saturated rings. The van der Waals surface area contributed by atoms with Crippen molar-refractivity contribution in [2.24, 2.45) is 0 Å². The molecule has 0 atom stereocenters. The molecule has 0 spiro atoms. The molecule has 5 nitrogen and oxygen atoms in total. The Balaban J connectivity index is 1.46. The van der Waals surface area contributed by atoms with Gasteiger partial charge in [0.2, 0.25) is 5.91 Å². The summed E-state index contributed by atoms with van der Waals surface area (Å²) < 4.78 is 42.0. The zero-order valence-corrected chi connectivity index (χ0v) is 15.9. The van der Waals surface area contributed by atoms with E-state index >= 15 is 0 Å². The van der Waals surface area contributed by atoms with Crippen LogP contribution in [0.25, 0.3) is 0 Å². The minimum atomic E-state index is -2.61. The van der Waals surface area contributed by atoms with Crippen molar-refractivity contribution in [3.8, 4) is 0 Å². The van der Waals surface area contributed by atoms with Gasteiger partial charge >= 0.3 is 0 Å². The van der Waals surface area contributed by atoms with Crippen molar-refractivity contribution in [2.45, 2.75) is 38.3 Å². The van der Waals surface area contributed by atoms with Crippen molar-refractivity contribution in [3.63, 3.8) is 0 Å². The number of halogens is 4. The Morgan fingerprint density at radius 1 is 1.18 bits per heavy atom. The lowest BCUT2D eigenvalue weighted by molar-refractivity contribution is -0.131. The van der Waals surface area contributed by atoms with Crippen molar-refractivity contribution in [3.05, 3.63) is 46.5 Å². The van der Waals surface area contributed by atoms with Crippen molar-refractivity contribution >= 4 is 23.2 Å². The molecule has 1 aromatic carbocycles. The second-order valence-corrected chi connectivity index (χ2v) is 7.69. The van der Waals surface area contributed by atoms with Crippen LogP contribution in [0, 0.1) is 5.82 Å². The highest BCUT2D eigenvalue weighted by Gasteiger charge is 2.36. The molecule has 1 saturated heterocycles. The predicted octanol–water partition coefficient (Wildman–Crippen LogP) is 3.50. The topological polar surface area (TPSA) is 41.4 Å². The van der Waals surface area contributed by atoms with E-state index in [1.807, 2.05) is 9.58 Å². The molecule has 2 aliphatic heterocycles. The molecule has 0 N–H and O–H groups in total. The number of piperidine rings is 1. The van der Waals surface area contributed by atoms with Crippen molar-refractivity contribution in [1.29, 1.82) is 0 Å². The van der Waals surface area contributed by atoms with Gasteiger partial charge in [0, 0.05) is 32.5 Å². The number of benzene rings is 1. The van der Waals surface area contributed by atoms with Crippen molar-refractivity contribution in [1.82, 2.24) is 14.7 Å². The van der Waals surface area contributed by atoms with Crippen LogP contribution in [-0.2, 0) is 24.3 Å². The van der Waals surface area contributed by atoms with E-state index in [4.69, 9.17) is 11.6 Å². The molecule has 28 heavy (non-hydrogen) atoms. The fourth-order valence-electron chi connectivity index (χ4n) is 3.72. The van der Waals surface area contributed by atoms with Gasteiger partial charge in [-0.05, 0) is 17.7 Å². The first-order valence-electron chi connectivity index (χ1n) is 9.21. The first-order chi connectivity index (χ1) is 13.3. The van der Waals surface area contributed by atoms with E-state index in [9.17, 15) is 18.0 Å². The van der Waals surface area contributed by atoms with Crippen LogP contribution in [0.3, 0.4) is 0 Å². The molecule has 4 rings (SSSR count). The van der Waals surface area contributed by atoms with Crippen molar-refractivity contribution < 1.29 is 18.0 Å². The van der Waals surface area contributed by atoms with Crippen LogP contribution in [0.1, 0.15) is 24.1 Å². The summed E-state index contributed by atoms with van der Waals surface area (Å²) in [4.78, 5) is 16.4. The average molecular weight is 413 g/mol. The molecule has 1 aromatic heterocycles. The van der Waals surface area contributed by atoms with Gasteiger partial charge in [0.25, 0.3) is 5.92 Å². The maximum absolute atomic E-state index is 13.5. The lowest BCUT2D eigenvalue weighted by atomic mass is 10.1. The Labute approximate surface area is 165 Å². The molecule has 2 aromatic rings. The SMILES string of the molecule is O=C(Cc1ccc(F)c(Cl)c1)N1CCn2ncc(N3CCC(F)(F)CC3)c2C1. The third kappa shape index (κ3) is 3.83. The van der Waals surface area contributed by atoms with Crippen molar-refractivity contribution in [2.75, 3.05) is 24.5 Å². The molecule has 150 valence electrons. The van der Waals surface area contributed by atoms with Gasteiger partial charge in [-0.25, -0.2) is 13.2 Å². The van der Waals surface area contributed by atoms with Gasteiger partial charge in [-0.1, -0.05) is 17.7 Å². The molecular formula is C19H20ClF3N4O. The summed E-state index contributed by atoms with van der Waals surface area (Å²) >= 11 is 5.79. The highest BCUT2D eigenvalue weighted by Crippen LogP contribution is 2.33. The summed E-state index contributed by atoms with van der Waals surface area (Å²) in [6, 6.07) is 4.26. The summed E-state index contributed by atoms with van der Waals surface area (Å²) in [7, 11) is 0. The number of fused-ring (bicyclic) bond motifs is 1. The Morgan fingerprint density at radius 2 is 1.93 bits per heavy atom. The number of alkyl halides is 2. The summed E-state index contributed by atoms with van der Waals surface area (Å²) in [5.74, 6) is -3.22. The summed E-state index contributed by atoms with van der Waals surface area (Å²) in [5.41, 5.74) is 2.33.